The van der Waals surface area contributed by atoms with Crippen LogP contribution in [0, 0.1) is 6.92 Å². The number of hydrogen-bond acceptors (Lipinski definition) is 3. The van der Waals surface area contributed by atoms with Crippen molar-refractivity contribution in [1.29, 1.82) is 0 Å². The molecule has 0 aromatic carbocycles. The van der Waals surface area contributed by atoms with E-state index in [0.717, 1.165) is 22.7 Å². The number of aromatic carboxylic acids is 1. The number of rotatable bonds is 2. The summed E-state index contributed by atoms with van der Waals surface area (Å²) in [4.78, 5) is 15.7. The Kier molecular flexibility index (Phi) is 1.65. The van der Waals surface area contributed by atoms with E-state index in [9.17, 15) is 4.79 Å². The molecule has 0 atom stereocenters. The molecular formula is C8H9NO2S. The average molecular weight is 183 g/mol. The molecule has 1 fully saturated rings. The van der Waals surface area contributed by atoms with E-state index in [1.807, 2.05) is 6.92 Å². The number of aryl methyl sites for hydroxylation is 1. The highest BCUT2D eigenvalue weighted by Gasteiger charge is 2.31. The maximum absolute atomic E-state index is 10.7. The molecule has 3 nitrogen and oxygen atoms in total. The van der Waals surface area contributed by atoms with Gasteiger partial charge in [0.2, 0.25) is 0 Å². The molecule has 0 bridgehead atoms. The standard InChI is InChI=1S/C8H9NO2S/c1-4-9-6(8(10)11)7(12-4)5-2-3-5/h5H,2-3H2,1H3,(H,10,11). The highest BCUT2D eigenvalue weighted by Crippen LogP contribution is 2.44. The summed E-state index contributed by atoms with van der Waals surface area (Å²) in [5.41, 5.74) is 0.278. The van der Waals surface area contributed by atoms with Gasteiger partial charge in [0, 0.05) is 4.88 Å². The highest BCUT2D eigenvalue weighted by molar-refractivity contribution is 7.12. The first-order chi connectivity index (χ1) is 5.68. The molecule has 1 aliphatic rings. The van der Waals surface area contributed by atoms with Crippen LogP contribution in [-0.2, 0) is 0 Å². The molecule has 64 valence electrons. The van der Waals surface area contributed by atoms with Crippen molar-refractivity contribution < 1.29 is 9.90 Å². The van der Waals surface area contributed by atoms with Crippen molar-refractivity contribution in [1.82, 2.24) is 4.98 Å². The van der Waals surface area contributed by atoms with Crippen LogP contribution in [0.4, 0.5) is 0 Å². The summed E-state index contributed by atoms with van der Waals surface area (Å²) in [7, 11) is 0. The van der Waals surface area contributed by atoms with Gasteiger partial charge >= 0.3 is 5.97 Å². The second kappa shape index (κ2) is 2.55. The van der Waals surface area contributed by atoms with Crippen LogP contribution in [0.3, 0.4) is 0 Å². The first kappa shape index (κ1) is 7.73. The summed E-state index contributed by atoms with van der Waals surface area (Å²) in [5.74, 6) is -0.399. The molecule has 1 aromatic rings. The van der Waals surface area contributed by atoms with Gasteiger partial charge < -0.3 is 5.11 Å². The monoisotopic (exact) mass is 183 g/mol. The van der Waals surface area contributed by atoms with Gasteiger partial charge in [0.15, 0.2) is 5.69 Å². The van der Waals surface area contributed by atoms with Gasteiger partial charge in [0.05, 0.1) is 5.01 Å². The van der Waals surface area contributed by atoms with Gasteiger partial charge in [0.25, 0.3) is 0 Å². The minimum absolute atomic E-state index is 0.278. The maximum atomic E-state index is 10.7. The summed E-state index contributed by atoms with van der Waals surface area (Å²) in [6.07, 6.45) is 2.25. The number of nitrogens with zero attached hydrogens (tertiary/aromatic N) is 1. The fourth-order valence-electron chi connectivity index (χ4n) is 1.22. The molecule has 1 aliphatic carbocycles. The van der Waals surface area contributed by atoms with Gasteiger partial charge in [-0.25, -0.2) is 9.78 Å². The Bertz CT molecular complexity index is 328. The van der Waals surface area contributed by atoms with Crippen molar-refractivity contribution in [2.75, 3.05) is 0 Å². The number of thiazole rings is 1. The van der Waals surface area contributed by atoms with Crippen LogP contribution < -0.4 is 0 Å². The van der Waals surface area contributed by atoms with E-state index in [4.69, 9.17) is 5.11 Å². The lowest BCUT2D eigenvalue weighted by atomic mass is 10.3. The second-order valence-electron chi connectivity index (χ2n) is 3.03. The largest absolute Gasteiger partial charge is 0.476 e. The molecule has 0 aliphatic heterocycles. The van der Waals surface area contributed by atoms with Crippen LogP contribution >= 0.6 is 11.3 Å². The molecule has 1 N–H and O–H groups in total. The van der Waals surface area contributed by atoms with Crippen LogP contribution in [0.2, 0.25) is 0 Å². The predicted molar refractivity (Wildman–Crippen MR) is 45.8 cm³/mol. The summed E-state index contributed by atoms with van der Waals surface area (Å²) < 4.78 is 0. The molecule has 4 heteroatoms. The number of aromatic nitrogens is 1. The van der Waals surface area contributed by atoms with Crippen molar-refractivity contribution in [3.05, 3.63) is 15.6 Å². The molecule has 2 rings (SSSR count). The lowest BCUT2D eigenvalue weighted by Gasteiger charge is -1.91. The third-order valence-corrected chi connectivity index (χ3v) is 3.04. The quantitative estimate of drug-likeness (QED) is 0.763. The molecule has 1 aromatic heterocycles. The molecule has 0 spiro atoms. The van der Waals surface area contributed by atoms with Gasteiger partial charge in [-0.05, 0) is 25.7 Å². The summed E-state index contributed by atoms with van der Waals surface area (Å²) in [6.45, 7) is 1.85. The van der Waals surface area contributed by atoms with E-state index in [-0.39, 0.29) is 5.69 Å². The third kappa shape index (κ3) is 1.22. The van der Waals surface area contributed by atoms with E-state index in [2.05, 4.69) is 4.98 Å². The fraction of sp³-hybridized carbons (Fsp3) is 0.500. The second-order valence-corrected chi connectivity index (χ2v) is 4.26. The predicted octanol–water partition coefficient (Wildman–Crippen LogP) is 2.03. The molecule has 1 saturated carbocycles. The highest BCUT2D eigenvalue weighted by atomic mass is 32.1. The van der Waals surface area contributed by atoms with Crippen molar-refractivity contribution in [2.45, 2.75) is 25.7 Å². The molecule has 0 unspecified atom stereocenters. The zero-order chi connectivity index (χ0) is 8.72. The fourth-order valence-corrected chi connectivity index (χ4v) is 2.31. The van der Waals surface area contributed by atoms with Crippen LogP contribution in [0.25, 0.3) is 0 Å². The average Bonchev–Trinajstić information content (AvgIpc) is 2.75. The minimum Gasteiger partial charge on any atom is -0.476 e. The summed E-state index contributed by atoms with van der Waals surface area (Å²) >= 11 is 1.52. The Morgan fingerprint density at radius 3 is 2.83 bits per heavy atom. The lowest BCUT2D eigenvalue weighted by molar-refractivity contribution is 0.0690. The molecule has 0 radical (unpaired) electrons. The van der Waals surface area contributed by atoms with Crippen molar-refractivity contribution in [3.63, 3.8) is 0 Å². The molecule has 12 heavy (non-hydrogen) atoms. The molecular weight excluding hydrogens is 174 g/mol. The third-order valence-electron chi connectivity index (χ3n) is 1.91. The Labute approximate surface area is 74.1 Å². The van der Waals surface area contributed by atoms with Gasteiger partial charge in [-0.1, -0.05) is 0 Å². The minimum atomic E-state index is -0.888. The van der Waals surface area contributed by atoms with Gasteiger partial charge in [-0.2, -0.15) is 0 Å². The Balaban J connectivity index is 2.43. The van der Waals surface area contributed by atoms with E-state index in [0.29, 0.717) is 5.92 Å². The number of carboxylic acid groups (broad SMARTS) is 1. The van der Waals surface area contributed by atoms with E-state index in [1.165, 1.54) is 11.3 Å². The van der Waals surface area contributed by atoms with E-state index in [1.54, 1.807) is 0 Å². The van der Waals surface area contributed by atoms with Crippen molar-refractivity contribution in [3.8, 4) is 0 Å². The normalized spacial score (nSPS) is 16.4. The Hall–Kier alpha value is -0.900. The number of carbonyl (C=O) groups is 1. The first-order valence-corrected chi connectivity index (χ1v) is 4.70. The topological polar surface area (TPSA) is 50.2 Å². The molecule has 0 saturated heterocycles. The SMILES string of the molecule is Cc1nc(C(=O)O)c(C2CC2)s1. The zero-order valence-electron chi connectivity index (χ0n) is 6.70. The first-order valence-electron chi connectivity index (χ1n) is 3.89. The Morgan fingerprint density at radius 2 is 2.33 bits per heavy atom. The maximum Gasteiger partial charge on any atom is 0.355 e. The van der Waals surface area contributed by atoms with Gasteiger partial charge in [-0.15, -0.1) is 11.3 Å². The molecule has 0 amide bonds. The van der Waals surface area contributed by atoms with Crippen molar-refractivity contribution >= 4 is 17.3 Å². The van der Waals surface area contributed by atoms with Crippen LogP contribution in [0.15, 0.2) is 0 Å². The number of hydrogen-bond donors (Lipinski definition) is 1. The number of carboxylic acids is 1. The summed E-state index contributed by atoms with van der Waals surface area (Å²) in [6, 6.07) is 0. The van der Waals surface area contributed by atoms with Gasteiger partial charge in [0.1, 0.15) is 0 Å². The zero-order valence-corrected chi connectivity index (χ0v) is 7.52. The Morgan fingerprint density at radius 1 is 1.67 bits per heavy atom. The molecule has 1 heterocycles. The van der Waals surface area contributed by atoms with E-state index < -0.39 is 5.97 Å². The van der Waals surface area contributed by atoms with Crippen LogP contribution in [0.5, 0.6) is 0 Å². The van der Waals surface area contributed by atoms with Crippen LogP contribution in [0.1, 0.15) is 39.1 Å². The smallest absolute Gasteiger partial charge is 0.355 e. The van der Waals surface area contributed by atoms with Crippen molar-refractivity contribution in [2.24, 2.45) is 0 Å². The van der Waals surface area contributed by atoms with Gasteiger partial charge in [-0.3, -0.25) is 0 Å². The summed E-state index contributed by atoms with van der Waals surface area (Å²) in [5, 5.41) is 9.66. The van der Waals surface area contributed by atoms with E-state index >= 15 is 0 Å². The van der Waals surface area contributed by atoms with Crippen LogP contribution in [-0.4, -0.2) is 16.1 Å². The lowest BCUT2D eigenvalue weighted by Crippen LogP contribution is -1.99.